The van der Waals surface area contributed by atoms with Gasteiger partial charge in [-0.05, 0) is 42.5 Å². The van der Waals surface area contributed by atoms with Crippen LogP contribution in [-0.2, 0) is 14.3 Å². The van der Waals surface area contributed by atoms with Gasteiger partial charge < -0.3 is 29.9 Å². The number of nitrogens with zero attached hydrogens (tertiary/aromatic N) is 6. The molecule has 14 nitrogen and oxygen atoms in total. The predicted octanol–water partition coefficient (Wildman–Crippen LogP) is 0.955. The molecule has 1 atom stereocenters. The number of methoxy groups -OCH3 is 1. The van der Waals surface area contributed by atoms with Crippen molar-refractivity contribution < 1.29 is 33.0 Å². The Hall–Kier alpha value is -5.21. The van der Waals surface area contributed by atoms with Gasteiger partial charge in [0.2, 0.25) is 11.8 Å². The number of cyclic esters (lactones) is 1. The Kier molecular flexibility index (Phi) is 8.69. The van der Waals surface area contributed by atoms with Gasteiger partial charge in [0.1, 0.15) is 17.7 Å². The lowest BCUT2D eigenvalue weighted by Crippen LogP contribution is -2.51. The molecule has 2 fully saturated rings. The molecule has 0 unspecified atom stereocenters. The summed E-state index contributed by atoms with van der Waals surface area (Å²) < 4.78 is 26.9. The maximum atomic E-state index is 15.1. The van der Waals surface area contributed by atoms with Crippen molar-refractivity contribution in [1.82, 2.24) is 30.5 Å². The Morgan fingerprint density at radius 3 is 2.44 bits per heavy atom. The number of benzene rings is 2. The summed E-state index contributed by atoms with van der Waals surface area (Å²) in [5, 5.41) is 13.0. The zero-order chi connectivity index (χ0) is 30.5. The number of halogens is 1. The first-order valence-corrected chi connectivity index (χ1v) is 13.6. The standard InChI is InChI=1S/C28H31FN8O6/c1-18(38)30-14-22-16-36(28(41)43-22)20-5-8-25(23(29)13-20)34-9-11-35(12-10-34)26(39)15-31-27(40)24-17-37(33-32-24)19-3-6-21(42-2)7-4-19/h3-8,13,17,22H,9-12,14-16H2,1-2H3,(H,30,38)(H,31,40)/t22-/m0/s1. The molecule has 3 aromatic rings. The molecule has 1 aromatic heterocycles. The summed E-state index contributed by atoms with van der Waals surface area (Å²) in [5.74, 6) is -0.858. The smallest absolute Gasteiger partial charge is 0.414 e. The first-order chi connectivity index (χ1) is 20.7. The Labute approximate surface area is 246 Å². The highest BCUT2D eigenvalue weighted by Gasteiger charge is 2.33. The van der Waals surface area contributed by atoms with E-state index in [-0.39, 0.29) is 37.1 Å². The van der Waals surface area contributed by atoms with E-state index in [1.807, 2.05) is 4.90 Å². The second kappa shape index (κ2) is 12.8. The van der Waals surface area contributed by atoms with Crippen LogP contribution in [0.4, 0.5) is 20.6 Å². The summed E-state index contributed by atoms with van der Waals surface area (Å²) in [7, 11) is 1.57. The number of ether oxygens (including phenoxy) is 2. The van der Waals surface area contributed by atoms with Crippen LogP contribution >= 0.6 is 0 Å². The zero-order valence-electron chi connectivity index (χ0n) is 23.7. The van der Waals surface area contributed by atoms with Crippen molar-refractivity contribution in [3.05, 3.63) is 60.2 Å². The summed E-state index contributed by atoms with van der Waals surface area (Å²) in [5.41, 5.74) is 1.47. The van der Waals surface area contributed by atoms with Gasteiger partial charge in [-0.1, -0.05) is 5.21 Å². The number of amides is 4. The van der Waals surface area contributed by atoms with Crippen molar-refractivity contribution in [1.29, 1.82) is 0 Å². The van der Waals surface area contributed by atoms with Crippen molar-refractivity contribution >= 4 is 35.2 Å². The van der Waals surface area contributed by atoms with E-state index < -0.39 is 23.9 Å². The maximum Gasteiger partial charge on any atom is 0.414 e. The van der Waals surface area contributed by atoms with E-state index in [0.717, 1.165) is 0 Å². The lowest BCUT2D eigenvalue weighted by Gasteiger charge is -2.36. The third-order valence-electron chi connectivity index (χ3n) is 7.13. The van der Waals surface area contributed by atoms with E-state index in [0.29, 0.717) is 49.0 Å². The number of piperazine rings is 1. The largest absolute Gasteiger partial charge is 0.497 e. The number of hydrogen-bond acceptors (Lipinski definition) is 9. The number of anilines is 2. The molecule has 15 heteroatoms. The number of carbonyl (C=O) groups is 4. The second-order valence-corrected chi connectivity index (χ2v) is 9.99. The van der Waals surface area contributed by atoms with Crippen molar-refractivity contribution in [2.75, 3.05) is 62.7 Å². The molecule has 0 spiro atoms. The lowest BCUT2D eigenvalue weighted by atomic mass is 10.2. The molecular weight excluding hydrogens is 563 g/mol. The summed E-state index contributed by atoms with van der Waals surface area (Å²) in [6.45, 7) is 2.98. The summed E-state index contributed by atoms with van der Waals surface area (Å²) in [6, 6.07) is 11.6. The Bertz CT molecular complexity index is 1510. The van der Waals surface area contributed by atoms with Gasteiger partial charge in [-0.2, -0.15) is 0 Å². The highest BCUT2D eigenvalue weighted by molar-refractivity contribution is 5.94. The molecule has 226 valence electrons. The minimum atomic E-state index is -0.608. The van der Waals surface area contributed by atoms with Crippen LogP contribution in [0.3, 0.4) is 0 Å². The van der Waals surface area contributed by atoms with Crippen molar-refractivity contribution in [2.24, 2.45) is 0 Å². The number of aromatic nitrogens is 3. The Morgan fingerprint density at radius 1 is 1.05 bits per heavy atom. The van der Waals surface area contributed by atoms with Crippen LogP contribution < -0.4 is 25.2 Å². The maximum absolute atomic E-state index is 15.1. The summed E-state index contributed by atoms with van der Waals surface area (Å²) >= 11 is 0. The fourth-order valence-corrected chi connectivity index (χ4v) is 4.80. The molecule has 2 aliphatic rings. The van der Waals surface area contributed by atoms with Gasteiger partial charge in [-0.25, -0.2) is 13.9 Å². The van der Waals surface area contributed by atoms with Crippen LogP contribution in [0.15, 0.2) is 48.7 Å². The normalized spacial score (nSPS) is 16.6. The van der Waals surface area contributed by atoms with Gasteiger partial charge in [0.25, 0.3) is 5.91 Å². The third-order valence-corrected chi connectivity index (χ3v) is 7.13. The van der Waals surface area contributed by atoms with E-state index in [9.17, 15) is 19.2 Å². The van der Waals surface area contributed by atoms with Crippen LogP contribution in [0.2, 0.25) is 0 Å². The van der Waals surface area contributed by atoms with Gasteiger partial charge in [0.15, 0.2) is 5.69 Å². The Morgan fingerprint density at radius 2 is 1.77 bits per heavy atom. The summed E-state index contributed by atoms with van der Waals surface area (Å²) in [6.07, 6.45) is 0.336. The third kappa shape index (κ3) is 6.82. The molecule has 3 heterocycles. The van der Waals surface area contributed by atoms with Gasteiger partial charge >= 0.3 is 6.09 Å². The minimum absolute atomic E-state index is 0.0674. The quantitative estimate of drug-likeness (QED) is 0.369. The van der Waals surface area contributed by atoms with E-state index in [1.165, 1.54) is 28.8 Å². The molecule has 0 radical (unpaired) electrons. The highest BCUT2D eigenvalue weighted by Crippen LogP contribution is 2.28. The predicted molar refractivity (Wildman–Crippen MR) is 152 cm³/mol. The van der Waals surface area contributed by atoms with Crippen LogP contribution in [0.5, 0.6) is 5.75 Å². The number of rotatable bonds is 9. The minimum Gasteiger partial charge on any atom is -0.497 e. The van der Waals surface area contributed by atoms with Crippen LogP contribution in [0.25, 0.3) is 5.69 Å². The molecule has 0 saturated carbocycles. The van der Waals surface area contributed by atoms with E-state index in [4.69, 9.17) is 9.47 Å². The molecular formula is C28H31FN8O6. The van der Waals surface area contributed by atoms with Crippen LogP contribution in [0.1, 0.15) is 17.4 Å². The Balaban J connectivity index is 1.10. The number of carbonyl (C=O) groups excluding carboxylic acids is 4. The molecule has 2 aliphatic heterocycles. The fourth-order valence-electron chi connectivity index (χ4n) is 4.80. The van der Waals surface area contributed by atoms with Gasteiger partial charge in [0, 0.05) is 33.1 Å². The highest BCUT2D eigenvalue weighted by atomic mass is 19.1. The fraction of sp³-hybridized carbons (Fsp3) is 0.357. The van der Waals surface area contributed by atoms with Gasteiger partial charge in [-0.15, -0.1) is 5.10 Å². The zero-order valence-corrected chi connectivity index (χ0v) is 23.7. The van der Waals surface area contributed by atoms with Crippen molar-refractivity contribution in [3.8, 4) is 11.4 Å². The lowest BCUT2D eigenvalue weighted by molar-refractivity contribution is -0.130. The first-order valence-electron chi connectivity index (χ1n) is 13.6. The average molecular weight is 595 g/mol. The van der Waals surface area contributed by atoms with Crippen molar-refractivity contribution in [2.45, 2.75) is 13.0 Å². The molecule has 2 aromatic carbocycles. The number of hydrogen-bond donors (Lipinski definition) is 2. The van der Waals surface area contributed by atoms with E-state index in [2.05, 4.69) is 20.9 Å². The molecule has 5 rings (SSSR count). The molecule has 0 aliphatic carbocycles. The van der Waals surface area contributed by atoms with Crippen LogP contribution in [0, 0.1) is 5.82 Å². The van der Waals surface area contributed by atoms with Gasteiger partial charge in [-0.3, -0.25) is 19.3 Å². The van der Waals surface area contributed by atoms with Crippen molar-refractivity contribution in [3.63, 3.8) is 0 Å². The van der Waals surface area contributed by atoms with Crippen LogP contribution in [-0.4, -0.2) is 103 Å². The summed E-state index contributed by atoms with van der Waals surface area (Å²) in [4.78, 5) is 53.5. The molecule has 2 saturated heterocycles. The van der Waals surface area contributed by atoms with E-state index in [1.54, 1.807) is 48.4 Å². The topological polar surface area (TPSA) is 151 Å². The first kappa shape index (κ1) is 29.3. The molecule has 43 heavy (non-hydrogen) atoms. The van der Waals surface area contributed by atoms with E-state index >= 15 is 4.39 Å². The average Bonchev–Trinajstić information content (AvgIpc) is 3.66. The monoisotopic (exact) mass is 594 g/mol. The van der Waals surface area contributed by atoms with Gasteiger partial charge in [0.05, 0.1) is 50.0 Å². The molecule has 2 N–H and O–H groups in total. The second-order valence-electron chi connectivity index (χ2n) is 9.99. The molecule has 0 bridgehead atoms. The molecule has 4 amide bonds. The number of nitrogens with one attached hydrogen (secondary N) is 2. The SMILES string of the molecule is COc1ccc(-n2cc(C(=O)NCC(=O)N3CCN(c4ccc(N5C[C@H](CNC(C)=O)OC5=O)cc4F)CC3)nn2)cc1.